The van der Waals surface area contributed by atoms with Crippen LogP contribution in [-0.4, -0.2) is 26.3 Å². The Morgan fingerprint density at radius 3 is 2.70 bits per heavy atom. The van der Waals surface area contributed by atoms with Crippen LogP contribution in [0.1, 0.15) is 35.8 Å². The molecule has 0 saturated heterocycles. The highest BCUT2D eigenvalue weighted by molar-refractivity contribution is 7.14. The molecule has 3 aromatic heterocycles. The molecule has 9 heteroatoms. The number of nitrogens with two attached hydrogens (primary N) is 1. The maximum atomic E-state index is 13.3. The number of hydrogen-bond acceptors (Lipinski definition) is 6. The molecule has 0 aliphatic carbocycles. The average molecular weight is 420 g/mol. The third kappa shape index (κ3) is 3.74. The van der Waals surface area contributed by atoms with E-state index < -0.39 is 0 Å². The Labute approximate surface area is 176 Å². The Balaban J connectivity index is 1.64. The fourth-order valence-corrected chi connectivity index (χ4v) is 3.80. The first-order valence-electron chi connectivity index (χ1n) is 9.31. The summed E-state index contributed by atoms with van der Waals surface area (Å²) in [6.07, 6.45) is 3.15. The number of benzene rings is 1. The second-order valence-corrected chi connectivity index (χ2v) is 7.92. The Morgan fingerprint density at radius 2 is 1.97 bits per heavy atom. The molecule has 0 saturated carbocycles. The maximum absolute atomic E-state index is 13.3. The number of hydrogen-bond donors (Lipinski definition) is 3. The van der Waals surface area contributed by atoms with Crippen molar-refractivity contribution in [2.75, 3.05) is 16.4 Å². The van der Waals surface area contributed by atoms with Crippen LogP contribution in [0.2, 0.25) is 0 Å². The number of nitrogens with zero attached hydrogens (tertiary/aromatic N) is 3. The molecule has 30 heavy (non-hydrogen) atoms. The second kappa shape index (κ2) is 7.96. The molecule has 0 fully saturated rings. The number of carbonyl (C=O) groups is 2. The van der Waals surface area contributed by atoms with E-state index in [0.717, 1.165) is 5.00 Å². The normalized spacial score (nSPS) is 11.0. The minimum absolute atomic E-state index is 0.0947. The number of thiophene rings is 1. The van der Waals surface area contributed by atoms with Crippen molar-refractivity contribution >= 4 is 50.7 Å². The number of carbonyl (C=O) groups excluding carboxylic acids is 2. The lowest BCUT2D eigenvalue weighted by Crippen LogP contribution is -2.19. The Bertz CT molecular complexity index is 1230. The topological polar surface area (TPSA) is 115 Å². The van der Waals surface area contributed by atoms with E-state index in [4.69, 9.17) is 5.73 Å². The summed E-state index contributed by atoms with van der Waals surface area (Å²) in [4.78, 5) is 33.8. The molecule has 0 aliphatic heterocycles. The Morgan fingerprint density at radius 1 is 1.13 bits per heavy atom. The van der Waals surface area contributed by atoms with E-state index in [1.165, 1.54) is 17.7 Å². The first-order valence-corrected chi connectivity index (χ1v) is 10.2. The van der Waals surface area contributed by atoms with Crippen molar-refractivity contribution in [1.82, 2.24) is 14.5 Å². The van der Waals surface area contributed by atoms with Gasteiger partial charge in [-0.25, -0.2) is 14.8 Å². The lowest BCUT2D eigenvalue weighted by molar-refractivity contribution is 0.104. The predicted molar refractivity (Wildman–Crippen MR) is 119 cm³/mol. The minimum Gasteiger partial charge on any atom is -0.383 e. The predicted octanol–water partition coefficient (Wildman–Crippen LogP) is 4.53. The van der Waals surface area contributed by atoms with Crippen LogP contribution in [0, 0.1) is 0 Å². The number of anilines is 3. The smallest absolute Gasteiger partial charge is 0.324 e. The molecule has 152 valence electrons. The molecule has 0 radical (unpaired) electrons. The summed E-state index contributed by atoms with van der Waals surface area (Å²) in [6, 6.07) is 10.1. The largest absolute Gasteiger partial charge is 0.383 e. The van der Waals surface area contributed by atoms with Gasteiger partial charge in [0.1, 0.15) is 17.8 Å². The van der Waals surface area contributed by atoms with E-state index in [1.807, 2.05) is 29.9 Å². The zero-order chi connectivity index (χ0) is 21.3. The van der Waals surface area contributed by atoms with E-state index in [-0.39, 0.29) is 23.7 Å². The summed E-state index contributed by atoms with van der Waals surface area (Å²) in [5, 5.41) is 8.63. The Hall–Kier alpha value is -3.72. The first-order chi connectivity index (χ1) is 14.4. The highest BCUT2D eigenvalue weighted by Gasteiger charge is 2.21. The zero-order valence-corrected chi connectivity index (χ0v) is 17.2. The van der Waals surface area contributed by atoms with Gasteiger partial charge in [0.2, 0.25) is 0 Å². The molecule has 2 amide bonds. The molecular weight excluding hydrogens is 400 g/mol. The molecule has 8 nitrogen and oxygen atoms in total. The number of aromatic nitrogens is 3. The summed E-state index contributed by atoms with van der Waals surface area (Å²) in [5.74, 6) is 0.0376. The van der Waals surface area contributed by atoms with Crippen molar-refractivity contribution in [3.05, 3.63) is 65.4 Å². The third-order valence-corrected chi connectivity index (χ3v) is 5.37. The molecule has 4 N–H and O–H groups in total. The van der Waals surface area contributed by atoms with Gasteiger partial charge in [0, 0.05) is 23.5 Å². The van der Waals surface area contributed by atoms with Crippen LogP contribution in [0.5, 0.6) is 0 Å². The lowest BCUT2D eigenvalue weighted by atomic mass is 10.0. The van der Waals surface area contributed by atoms with Gasteiger partial charge >= 0.3 is 6.03 Å². The lowest BCUT2D eigenvalue weighted by Gasteiger charge is -2.08. The van der Waals surface area contributed by atoms with Crippen molar-refractivity contribution in [3.8, 4) is 0 Å². The van der Waals surface area contributed by atoms with E-state index in [9.17, 15) is 9.59 Å². The summed E-state index contributed by atoms with van der Waals surface area (Å²) >= 11 is 1.42. The number of nitrogen functional groups attached to an aromatic ring is 1. The van der Waals surface area contributed by atoms with E-state index >= 15 is 0 Å². The molecule has 0 atom stereocenters. The van der Waals surface area contributed by atoms with Gasteiger partial charge < -0.3 is 15.6 Å². The van der Waals surface area contributed by atoms with Gasteiger partial charge in [-0.05, 0) is 43.5 Å². The number of urea groups is 1. The van der Waals surface area contributed by atoms with Crippen LogP contribution in [0.25, 0.3) is 11.0 Å². The highest BCUT2D eigenvalue weighted by atomic mass is 32.1. The molecule has 0 spiro atoms. The number of nitrogens with one attached hydrogen (secondary N) is 2. The molecule has 1 aromatic carbocycles. The number of amides is 2. The first kappa shape index (κ1) is 19.6. The van der Waals surface area contributed by atoms with Crippen molar-refractivity contribution in [3.63, 3.8) is 0 Å². The van der Waals surface area contributed by atoms with Crippen LogP contribution < -0.4 is 16.4 Å². The van der Waals surface area contributed by atoms with Crippen LogP contribution in [0.3, 0.4) is 0 Å². The monoisotopic (exact) mass is 420 g/mol. The Kier molecular flexibility index (Phi) is 5.20. The maximum Gasteiger partial charge on any atom is 0.324 e. The number of rotatable bonds is 5. The van der Waals surface area contributed by atoms with Crippen molar-refractivity contribution in [2.45, 2.75) is 19.9 Å². The van der Waals surface area contributed by atoms with Crippen LogP contribution in [-0.2, 0) is 0 Å². The van der Waals surface area contributed by atoms with Gasteiger partial charge in [0.05, 0.1) is 16.0 Å². The van der Waals surface area contributed by atoms with Crippen molar-refractivity contribution in [2.24, 2.45) is 0 Å². The molecule has 0 unspecified atom stereocenters. The summed E-state index contributed by atoms with van der Waals surface area (Å²) in [5.41, 5.74) is 8.04. The van der Waals surface area contributed by atoms with Gasteiger partial charge in [-0.3, -0.25) is 10.1 Å². The standard InChI is InChI=1S/C21H20N6O2S/c1-12(2)27-10-15(17-19(22)23-11-24-20(17)27)18(28)13-5-3-6-14(9-13)25-21(29)26-16-7-4-8-30-16/h3-12H,1-2H3,(H2,22,23,24)(H2,25,26,29). The van der Waals surface area contributed by atoms with Gasteiger partial charge in [-0.15, -0.1) is 11.3 Å². The summed E-state index contributed by atoms with van der Waals surface area (Å²) < 4.78 is 1.90. The molecule has 4 rings (SSSR count). The molecule has 4 aromatic rings. The zero-order valence-electron chi connectivity index (χ0n) is 16.4. The van der Waals surface area contributed by atoms with Crippen molar-refractivity contribution in [1.29, 1.82) is 0 Å². The summed E-state index contributed by atoms with van der Waals surface area (Å²) in [6.45, 7) is 4.01. The highest BCUT2D eigenvalue weighted by Crippen LogP contribution is 2.29. The molecule has 0 bridgehead atoms. The van der Waals surface area contributed by atoms with Crippen molar-refractivity contribution < 1.29 is 9.59 Å². The van der Waals surface area contributed by atoms with Gasteiger partial charge in [-0.2, -0.15) is 0 Å². The fraction of sp³-hybridized carbons (Fsp3) is 0.143. The summed E-state index contributed by atoms with van der Waals surface area (Å²) in [7, 11) is 0. The van der Waals surface area contributed by atoms with Gasteiger partial charge in [0.25, 0.3) is 0 Å². The second-order valence-electron chi connectivity index (χ2n) is 6.97. The van der Waals surface area contributed by atoms with Crippen LogP contribution in [0.4, 0.5) is 21.3 Å². The van der Waals surface area contributed by atoms with E-state index in [0.29, 0.717) is 27.8 Å². The number of ketones is 1. The third-order valence-electron chi connectivity index (χ3n) is 4.58. The van der Waals surface area contributed by atoms with E-state index in [1.54, 1.807) is 36.5 Å². The fourth-order valence-electron chi connectivity index (χ4n) is 3.19. The average Bonchev–Trinajstić information content (AvgIpc) is 3.36. The molecule has 0 aliphatic rings. The van der Waals surface area contributed by atoms with E-state index in [2.05, 4.69) is 20.6 Å². The SMILES string of the molecule is CC(C)n1cc(C(=O)c2cccc(NC(=O)Nc3cccs3)c2)c2c(N)ncnc21. The van der Waals surface area contributed by atoms with Crippen LogP contribution >= 0.6 is 11.3 Å². The minimum atomic E-state index is -0.379. The van der Waals surface area contributed by atoms with Gasteiger partial charge in [0.15, 0.2) is 5.78 Å². The number of fused-ring (bicyclic) bond motifs is 1. The van der Waals surface area contributed by atoms with Gasteiger partial charge in [-0.1, -0.05) is 12.1 Å². The molecule has 3 heterocycles. The molecular formula is C21H20N6O2S. The van der Waals surface area contributed by atoms with Crippen LogP contribution in [0.15, 0.2) is 54.3 Å². The quantitative estimate of drug-likeness (QED) is 0.410.